The number of benzene rings is 2. The number of nitrogens with zero attached hydrogens (tertiary/aromatic N) is 4. The van der Waals surface area contributed by atoms with E-state index in [1.54, 1.807) is 35.7 Å². The predicted molar refractivity (Wildman–Crippen MR) is 171 cm³/mol. The minimum atomic E-state index is -0.189. The van der Waals surface area contributed by atoms with Gasteiger partial charge in [-0.15, -0.1) is 34.4 Å². The van der Waals surface area contributed by atoms with Crippen LogP contribution in [0.15, 0.2) is 67.7 Å². The van der Waals surface area contributed by atoms with Crippen LogP contribution >= 0.6 is 58.0 Å². The molecular weight excluding hydrogens is 607 g/mol. The summed E-state index contributed by atoms with van der Waals surface area (Å²) in [6.45, 7) is 3.39. The van der Waals surface area contributed by atoms with Crippen molar-refractivity contribution in [2.75, 3.05) is 39.0 Å². The summed E-state index contributed by atoms with van der Waals surface area (Å²) in [6.07, 6.45) is 2.08. The molecule has 0 saturated carbocycles. The lowest BCUT2D eigenvalue weighted by Crippen LogP contribution is -2.19. The highest BCUT2D eigenvalue weighted by Gasteiger charge is 2.34. The highest BCUT2D eigenvalue weighted by molar-refractivity contribution is 8.30. The summed E-state index contributed by atoms with van der Waals surface area (Å²) in [7, 11) is 0. The third-order valence-corrected chi connectivity index (χ3v) is 12.4. The molecule has 2 aromatic heterocycles. The van der Waals surface area contributed by atoms with Gasteiger partial charge < -0.3 is 14.9 Å². The second-order valence-corrected chi connectivity index (χ2v) is 14.4. The molecule has 0 fully saturated rings. The Hall–Kier alpha value is -2.35. The summed E-state index contributed by atoms with van der Waals surface area (Å²) in [4.78, 5) is 16.4. The number of fused-ring (bicyclic) bond motifs is 4. The fourth-order valence-corrected chi connectivity index (χ4v) is 10.4. The molecule has 12 heteroatoms. The molecule has 0 unspecified atom stereocenters. The van der Waals surface area contributed by atoms with Crippen LogP contribution < -0.4 is 0 Å². The van der Waals surface area contributed by atoms with E-state index in [0.29, 0.717) is 4.70 Å². The van der Waals surface area contributed by atoms with Crippen molar-refractivity contribution in [1.29, 1.82) is 0 Å². The maximum atomic E-state index is 13.9. The van der Waals surface area contributed by atoms with E-state index in [0.717, 1.165) is 72.3 Å². The Labute approximate surface area is 250 Å². The van der Waals surface area contributed by atoms with E-state index in [4.69, 9.17) is 0 Å². The van der Waals surface area contributed by atoms with Crippen molar-refractivity contribution < 1.29 is 13.9 Å². The minimum Gasteiger partial charge on any atom is -0.391 e. The van der Waals surface area contributed by atoms with Crippen molar-refractivity contribution in [3.8, 4) is 0 Å². The highest BCUT2D eigenvalue weighted by Crippen LogP contribution is 2.49. The number of halogens is 2. The van der Waals surface area contributed by atoms with Crippen molar-refractivity contribution in [3.05, 3.63) is 79.1 Å². The second-order valence-electron chi connectivity index (χ2n) is 9.14. The van der Waals surface area contributed by atoms with Crippen LogP contribution in [0.5, 0.6) is 0 Å². The van der Waals surface area contributed by atoms with Gasteiger partial charge in [0.25, 0.3) is 0 Å². The van der Waals surface area contributed by atoms with E-state index < -0.39 is 0 Å². The molecule has 0 aliphatic carbocycles. The van der Waals surface area contributed by atoms with E-state index in [2.05, 4.69) is 32.1 Å². The summed E-state index contributed by atoms with van der Waals surface area (Å²) in [5.41, 5.74) is 2.20. The SMILES string of the molecule is CSC1=C(c2cc3cccc(F)c3s2)N2CCN=C2S1.OCC1=C(c2cc3cccc(F)c3s2)N2CCN=C2S1. The molecule has 40 heavy (non-hydrogen) atoms. The fourth-order valence-electron chi connectivity index (χ4n) is 5.03. The standard InChI is InChI=1S/C14H11FN2OS2.C14H11FN2S3/c15-9-3-1-2-8-6-10(19-13(8)9)12-11(7-18)20-14-16-4-5-17(12)14;1-18-13-11(17-6-5-16-14(17)20-13)10-7-8-3-2-4-9(15)12(8)19-10/h1-3,6,18H,4-5,7H2;2-4,7H,5-6H2,1H3. The smallest absolute Gasteiger partial charge is 0.169 e. The molecule has 6 heterocycles. The van der Waals surface area contributed by atoms with E-state index in [1.807, 2.05) is 18.2 Å². The van der Waals surface area contributed by atoms with Gasteiger partial charge in [0, 0.05) is 18.0 Å². The molecule has 4 aliphatic heterocycles. The third-order valence-electron chi connectivity index (χ3n) is 6.79. The largest absolute Gasteiger partial charge is 0.391 e. The molecule has 5 nitrogen and oxygen atoms in total. The molecule has 1 N–H and O–H groups in total. The topological polar surface area (TPSA) is 51.4 Å². The van der Waals surface area contributed by atoms with Crippen LogP contribution in [0, 0.1) is 11.6 Å². The van der Waals surface area contributed by atoms with Gasteiger partial charge >= 0.3 is 0 Å². The molecule has 0 amide bonds. The zero-order valence-corrected chi connectivity index (χ0v) is 25.3. The van der Waals surface area contributed by atoms with E-state index in [-0.39, 0.29) is 18.2 Å². The predicted octanol–water partition coefficient (Wildman–Crippen LogP) is 7.57. The molecule has 0 bridgehead atoms. The highest BCUT2D eigenvalue weighted by atomic mass is 32.2. The van der Waals surface area contributed by atoms with E-state index >= 15 is 0 Å². The van der Waals surface area contributed by atoms with Gasteiger partial charge in [0.05, 0.1) is 54.5 Å². The Morgan fingerprint density at radius 3 is 1.93 bits per heavy atom. The molecule has 8 rings (SSSR count). The van der Waals surface area contributed by atoms with Crippen molar-refractivity contribution in [2.24, 2.45) is 9.98 Å². The number of thioether (sulfide) groups is 3. The van der Waals surface area contributed by atoms with Gasteiger partial charge in [-0.3, -0.25) is 9.98 Å². The lowest BCUT2D eigenvalue weighted by Gasteiger charge is -2.15. The average molecular weight is 629 g/mol. The lowest BCUT2D eigenvalue weighted by atomic mass is 10.2. The Balaban J connectivity index is 0.000000132. The number of hydrogen-bond donors (Lipinski definition) is 1. The Bertz CT molecular complexity index is 1660. The van der Waals surface area contributed by atoms with Crippen molar-refractivity contribution >= 4 is 99.9 Å². The number of hydrogen-bond acceptors (Lipinski definition) is 10. The molecule has 204 valence electrons. The van der Waals surface area contributed by atoms with Crippen LogP contribution in [0.1, 0.15) is 9.75 Å². The molecular formula is C28H22F2N4OS5. The first-order valence-electron chi connectivity index (χ1n) is 12.5. The van der Waals surface area contributed by atoms with Crippen LogP contribution in [-0.2, 0) is 0 Å². The Morgan fingerprint density at radius 1 is 0.825 bits per heavy atom. The summed E-state index contributed by atoms with van der Waals surface area (Å²) in [6, 6.07) is 14.5. The molecule has 0 saturated heterocycles. The van der Waals surface area contributed by atoms with Gasteiger partial charge in [-0.1, -0.05) is 36.0 Å². The molecule has 0 spiro atoms. The van der Waals surface area contributed by atoms with Crippen LogP contribution in [0.3, 0.4) is 0 Å². The number of rotatable bonds is 4. The maximum absolute atomic E-state index is 13.9. The monoisotopic (exact) mass is 628 g/mol. The first kappa shape index (κ1) is 26.5. The van der Waals surface area contributed by atoms with Gasteiger partial charge in [0.2, 0.25) is 0 Å². The van der Waals surface area contributed by atoms with Gasteiger partial charge in [-0.25, -0.2) is 8.78 Å². The molecule has 0 atom stereocenters. The molecule has 0 radical (unpaired) electrons. The quantitative estimate of drug-likeness (QED) is 0.252. The van der Waals surface area contributed by atoms with Crippen molar-refractivity contribution in [3.63, 3.8) is 0 Å². The zero-order valence-electron chi connectivity index (χ0n) is 21.2. The minimum absolute atomic E-state index is 0.00769. The Kier molecular flexibility index (Phi) is 7.17. The number of thiophene rings is 2. The first-order chi connectivity index (χ1) is 19.6. The number of amidine groups is 2. The van der Waals surface area contributed by atoms with E-state index in [9.17, 15) is 13.9 Å². The van der Waals surface area contributed by atoms with Gasteiger partial charge in [-0.05, 0) is 53.1 Å². The van der Waals surface area contributed by atoms with Crippen LogP contribution in [0.25, 0.3) is 31.6 Å². The fraction of sp³-hybridized carbons (Fsp3) is 0.214. The number of aliphatic hydroxyl groups excluding tert-OH is 1. The summed E-state index contributed by atoms with van der Waals surface area (Å²) in [5, 5.41) is 13.5. The normalized spacial score (nSPS) is 18.1. The second kappa shape index (κ2) is 10.8. The number of aliphatic hydroxyl groups is 1. The Morgan fingerprint density at radius 2 is 1.38 bits per heavy atom. The van der Waals surface area contributed by atoms with Gasteiger partial charge in [0.1, 0.15) is 11.6 Å². The third kappa shape index (κ3) is 4.49. The lowest BCUT2D eigenvalue weighted by molar-refractivity contribution is 0.339. The molecule has 4 aromatic rings. The van der Waals surface area contributed by atoms with Crippen LogP contribution in [0.4, 0.5) is 8.78 Å². The van der Waals surface area contributed by atoms with Crippen molar-refractivity contribution in [1.82, 2.24) is 9.80 Å². The van der Waals surface area contributed by atoms with Crippen molar-refractivity contribution in [2.45, 2.75) is 0 Å². The average Bonchev–Trinajstić information content (AvgIpc) is 3.77. The van der Waals surface area contributed by atoms with Crippen LogP contribution in [-0.4, -0.2) is 64.3 Å². The van der Waals surface area contributed by atoms with Crippen LogP contribution in [0.2, 0.25) is 0 Å². The van der Waals surface area contributed by atoms with Gasteiger partial charge in [0.15, 0.2) is 10.3 Å². The first-order valence-corrected chi connectivity index (χ1v) is 17.0. The number of aliphatic imine (C=N–C) groups is 2. The van der Waals surface area contributed by atoms with Gasteiger partial charge in [-0.2, -0.15) is 0 Å². The maximum Gasteiger partial charge on any atom is 0.169 e. The molecule has 4 aliphatic rings. The zero-order chi connectivity index (χ0) is 27.4. The summed E-state index contributed by atoms with van der Waals surface area (Å²) < 4.78 is 30.4. The molecule has 2 aromatic carbocycles. The van der Waals surface area contributed by atoms with E-state index in [1.165, 1.54) is 56.5 Å². The summed E-state index contributed by atoms with van der Waals surface area (Å²) >= 11 is 7.95. The summed E-state index contributed by atoms with van der Waals surface area (Å²) in [5.74, 6) is -0.322.